The summed E-state index contributed by atoms with van der Waals surface area (Å²) in [7, 11) is -3.43. The molecule has 0 spiro atoms. The largest absolute Gasteiger partial charge is 0.323 e. The molecule has 3 heterocycles. The van der Waals surface area contributed by atoms with E-state index in [1.165, 1.54) is 0 Å². The molecule has 0 aliphatic rings. The number of aryl methyl sites for hydroxylation is 1. The minimum Gasteiger partial charge on any atom is -0.323 e. The molecule has 0 saturated carbocycles. The van der Waals surface area contributed by atoms with Crippen LogP contribution in [0.1, 0.15) is 45.0 Å². The van der Waals surface area contributed by atoms with E-state index in [0.29, 0.717) is 12.8 Å². The molecule has 1 unspecified atom stereocenters. The molecular formula is C17H23N5O2S. The van der Waals surface area contributed by atoms with Gasteiger partial charge in [-0.1, -0.05) is 6.92 Å². The average molecular weight is 361 g/mol. The Labute approximate surface area is 147 Å². The van der Waals surface area contributed by atoms with E-state index < -0.39 is 10.0 Å². The number of sulfonamides is 1. The van der Waals surface area contributed by atoms with E-state index in [-0.39, 0.29) is 11.8 Å². The molecule has 0 radical (unpaired) electrons. The van der Waals surface area contributed by atoms with Crippen LogP contribution in [0.25, 0.3) is 22.1 Å². The monoisotopic (exact) mass is 361 g/mol. The van der Waals surface area contributed by atoms with E-state index in [1.807, 2.05) is 12.1 Å². The highest BCUT2D eigenvalue weighted by Gasteiger charge is 2.19. The number of fused-ring (bicyclic) bond motifs is 3. The number of hydrogen-bond acceptors (Lipinski definition) is 5. The molecule has 0 saturated heterocycles. The number of imidazole rings is 1. The lowest BCUT2D eigenvalue weighted by molar-refractivity contribution is 0.491. The number of hydrogen-bond donors (Lipinski definition) is 1. The predicted octanol–water partition coefficient (Wildman–Crippen LogP) is 2.56. The first-order valence-corrected chi connectivity index (χ1v) is 10.2. The molecule has 0 amide bonds. The summed E-state index contributed by atoms with van der Waals surface area (Å²) in [4.78, 5) is 13.7. The van der Waals surface area contributed by atoms with Gasteiger partial charge in [-0.3, -0.25) is 9.97 Å². The van der Waals surface area contributed by atoms with Crippen molar-refractivity contribution < 1.29 is 8.42 Å². The third-order valence-corrected chi connectivity index (χ3v) is 5.17. The van der Waals surface area contributed by atoms with Crippen molar-refractivity contribution in [3.63, 3.8) is 0 Å². The normalized spacial score (nSPS) is 13.6. The van der Waals surface area contributed by atoms with Crippen LogP contribution >= 0.6 is 0 Å². The Kier molecular flexibility index (Phi) is 5.01. The fraction of sp³-hybridized carbons (Fsp3) is 0.471. The van der Waals surface area contributed by atoms with E-state index >= 15 is 0 Å². The standard InChI is InChI=1S/C17H23N5O2S/c1-3-6-15-21-14-11-20-13-8-4-9-19-16(13)17(14)22(15)12(2)7-5-10-25(18,23)24/h4,8-9,11-12H,3,5-7,10H2,1-2H3,(H2,18,23,24). The van der Waals surface area contributed by atoms with E-state index in [2.05, 4.69) is 28.4 Å². The Morgan fingerprint density at radius 2 is 2.08 bits per heavy atom. The fourth-order valence-electron chi connectivity index (χ4n) is 3.22. The minimum atomic E-state index is -3.43. The summed E-state index contributed by atoms with van der Waals surface area (Å²) in [5, 5.41) is 5.12. The van der Waals surface area contributed by atoms with Crippen molar-refractivity contribution in [2.45, 2.75) is 45.6 Å². The third-order valence-electron chi connectivity index (χ3n) is 4.31. The van der Waals surface area contributed by atoms with Gasteiger partial charge in [-0.25, -0.2) is 18.5 Å². The van der Waals surface area contributed by atoms with Gasteiger partial charge in [0.05, 0.1) is 23.0 Å². The zero-order valence-corrected chi connectivity index (χ0v) is 15.3. The van der Waals surface area contributed by atoms with Crippen LogP contribution in [0.3, 0.4) is 0 Å². The van der Waals surface area contributed by atoms with Gasteiger partial charge < -0.3 is 4.57 Å². The molecule has 1 atom stereocenters. The molecule has 3 aromatic heterocycles. The van der Waals surface area contributed by atoms with Gasteiger partial charge in [0.1, 0.15) is 16.9 Å². The number of rotatable bonds is 7. The lowest BCUT2D eigenvalue weighted by atomic mass is 10.1. The van der Waals surface area contributed by atoms with Crippen molar-refractivity contribution >= 4 is 32.1 Å². The predicted molar refractivity (Wildman–Crippen MR) is 98.7 cm³/mol. The molecule has 3 aromatic rings. The molecular weight excluding hydrogens is 338 g/mol. The van der Waals surface area contributed by atoms with Crippen LogP contribution in [0.2, 0.25) is 0 Å². The van der Waals surface area contributed by atoms with Crippen molar-refractivity contribution in [3.8, 4) is 0 Å². The summed E-state index contributed by atoms with van der Waals surface area (Å²) < 4.78 is 24.6. The van der Waals surface area contributed by atoms with Gasteiger partial charge in [0.15, 0.2) is 0 Å². The van der Waals surface area contributed by atoms with E-state index in [9.17, 15) is 8.42 Å². The van der Waals surface area contributed by atoms with Crippen LogP contribution in [0.5, 0.6) is 0 Å². The molecule has 0 aromatic carbocycles. The highest BCUT2D eigenvalue weighted by molar-refractivity contribution is 7.89. The molecule has 25 heavy (non-hydrogen) atoms. The van der Waals surface area contributed by atoms with Crippen molar-refractivity contribution in [2.24, 2.45) is 5.14 Å². The SMILES string of the molecule is CCCc1nc2cnc3cccnc3c2n1C(C)CCCS(N)(=O)=O. The molecule has 7 nitrogen and oxygen atoms in total. The number of nitrogens with zero attached hydrogens (tertiary/aromatic N) is 4. The molecule has 2 N–H and O–H groups in total. The molecule has 8 heteroatoms. The smallest absolute Gasteiger partial charge is 0.209 e. The molecule has 3 rings (SSSR count). The minimum absolute atomic E-state index is 0.00632. The fourth-order valence-corrected chi connectivity index (χ4v) is 3.79. The van der Waals surface area contributed by atoms with Crippen LogP contribution in [0.4, 0.5) is 0 Å². The molecule has 0 bridgehead atoms. The Morgan fingerprint density at radius 1 is 1.28 bits per heavy atom. The maximum atomic E-state index is 11.2. The lowest BCUT2D eigenvalue weighted by Gasteiger charge is -2.18. The summed E-state index contributed by atoms with van der Waals surface area (Å²) >= 11 is 0. The zero-order valence-electron chi connectivity index (χ0n) is 14.5. The van der Waals surface area contributed by atoms with Gasteiger partial charge in [0.2, 0.25) is 10.0 Å². The Bertz CT molecular complexity index is 997. The maximum Gasteiger partial charge on any atom is 0.209 e. The van der Waals surface area contributed by atoms with Gasteiger partial charge in [-0.05, 0) is 38.3 Å². The summed E-state index contributed by atoms with van der Waals surface area (Å²) in [6.07, 6.45) is 6.59. The van der Waals surface area contributed by atoms with Crippen molar-refractivity contribution in [1.82, 2.24) is 19.5 Å². The topological polar surface area (TPSA) is 104 Å². The highest BCUT2D eigenvalue weighted by atomic mass is 32.2. The summed E-state index contributed by atoms with van der Waals surface area (Å²) in [6.45, 7) is 4.20. The third kappa shape index (κ3) is 3.80. The van der Waals surface area contributed by atoms with Crippen LogP contribution < -0.4 is 5.14 Å². The summed E-state index contributed by atoms with van der Waals surface area (Å²) in [5.74, 6) is 0.980. The molecule has 134 valence electrons. The number of primary sulfonamides is 1. The van der Waals surface area contributed by atoms with Crippen molar-refractivity contribution in [1.29, 1.82) is 0 Å². The molecule has 0 aliphatic heterocycles. The summed E-state index contributed by atoms with van der Waals surface area (Å²) in [6, 6.07) is 3.90. The number of nitrogens with two attached hydrogens (primary N) is 1. The van der Waals surface area contributed by atoms with Gasteiger partial charge >= 0.3 is 0 Å². The second-order valence-electron chi connectivity index (χ2n) is 6.37. The quantitative estimate of drug-likeness (QED) is 0.696. The average Bonchev–Trinajstić information content (AvgIpc) is 2.92. The Hall–Kier alpha value is -2.06. The van der Waals surface area contributed by atoms with E-state index in [0.717, 1.165) is 40.7 Å². The Morgan fingerprint density at radius 3 is 2.80 bits per heavy atom. The maximum absolute atomic E-state index is 11.2. The first-order valence-electron chi connectivity index (χ1n) is 8.51. The van der Waals surface area contributed by atoms with Crippen LogP contribution in [-0.2, 0) is 16.4 Å². The van der Waals surface area contributed by atoms with Gasteiger partial charge in [-0.15, -0.1) is 0 Å². The first kappa shape index (κ1) is 17.8. The van der Waals surface area contributed by atoms with Crippen LogP contribution in [-0.4, -0.2) is 33.7 Å². The highest BCUT2D eigenvalue weighted by Crippen LogP contribution is 2.28. The van der Waals surface area contributed by atoms with Crippen LogP contribution in [0.15, 0.2) is 24.5 Å². The Balaban J connectivity index is 2.07. The summed E-state index contributed by atoms with van der Waals surface area (Å²) in [5.41, 5.74) is 3.45. The van der Waals surface area contributed by atoms with Gasteiger partial charge in [0.25, 0.3) is 0 Å². The van der Waals surface area contributed by atoms with E-state index in [1.54, 1.807) is 12.4 Å². The van der Waals surface area contributed by atoms with Crippen LogP contribution in [0, 0.1) is 0 Å². The zero-order chi connectivity index (χ0) is 18.0. The van der Waals surface area contributed by atoms with Gasteiger partial charge in [0, 0.05) is 18.7 Å². The lowest BCUT2D eigenvalue weighted by Crippen LogP contribution is -2.18. The van der Waals surface area contributed by atoms with E-state index in [4.69, 9.17) is 10.1 Å². The van der Waals surface area contributed by atoms with Gasteiger partial charge in [-0.2, -0.15) is 0 Å². The second-order valence-corrected chi connectivity index (χ2v) is 8.10. The second kappa shape index (κ2) is 7.05. The van der Waals surface area contributed by atoms with Crippen molar-refractivity contribution in [2.75, 3.05) is 5.75 Å². The molecule has 0 aliphatic carbocycles. The van der Waals surface area contributed by atoms with Crippen molar-refractivity contribution in [3.05, 3.63) is 30.4 Å². The number of aromatic nitrogens is 4. The molecule has 0 fully saturated rings. The first-order chi connectivity index (χ1) is 11.9. The number of pyridine rings is 2.